The van der Waals surface area contributed by atoms with E-state index in [1.165, 1.54) is 19.6 Å². The van der Waals surface area contributed by atoms with Gasteiger partial charge in [-0.3, -0.25) is 4.57 Å². The molecule has 4 aromatic rings. The third-order valence-corrected chi connectivity index (χ3v) is 4.25. The van der Waals surface area contributed by atoms with Gasteiger partial charge in [-0.1, -0.05) is 12.1 Å². The molecule has 0 spiro atoms. The Morgan fingerprint density at radius 1 is 1.11 bits per heavy atom. The second kappa shape index (κ2) is 7.18. The van der Waals surface area contributed by atoms with Crippen LogP contribution in [0.5, 0.6) is 0 Å². The number of imidazole rings is 1. The van der Waals surface area contributed by atoms with Crippen molar-refractivity contribution >= 4 is 17.0 Å². The maximum absolute atomic E-state index is 13.6. The van der Waals surface area contributed by atoms with Crippen LogP contribution in [-0.4, -0.2) is 30.3 Å². The molecule has 4 rings (SSSR count). The van der Waals surface area contributed by atoms with Crippen molar-refractivity contribution in [2.24, 2.45) is 0 Å². The molecule has 0 saturated heterocycles. The van der Waals surface area contributed by atoms with Gasteiger partial charge in [-0.2, -0.15) is 13.9 Å². The number of esters is 1. The van der Waals surface area contributed by atoms with E-state index in [0.29, 0.717) is 5.52 Å². The highest BCUT2D eigenvalue weighted by molar-refractivity contribution is 5.89. The van der Waals surface area contributed by atoms with Crippen molar-refractivity contribution in [3.63, 3.8) is 0 Å². The van der Waals surface area contributed by atoms with E-state index in [4.69, 9.17) is 4.74 Å². The van der Waals surface area contributed by atoms with Gasteiger partial charge in [0.15, 0.2) is 11.9 Å². The molecule has 28 heavy (non-hydrogen) atoms. The van der Waals surface area contributed by atoms with Crippen molar-refractivity contribution in [3.05, 3.63) is 72.6 Å². The molecule has 0 saturated carbocycles. The number of benzene rings is 2. The van der Waals surface area contributed by atoms with Crippen molar-refractivity contribution in [3.8, 4) is 5.69 Å². The van der Waals surface area contributed by atoms with Crippen molar-refractivity contribution in [2.45, 2.75) is 19.6 Å². The van der Waals surface area contributed by atoms with Crippen LogP contribution in [0.2, 0.25) is 0 Å². The first kappa shape index (κ1) is 17.8. The Bertz CT molecular complexity index is 1110. The van der Waals surface area contributed by atoms with Gasteiger partial charge < -0.3 is 4.74 Å². The Morgan fingerprint density at radius 2 is 1.86 bits per heavy atom. The van der Waals surface area contributed by atoms with E-state index in [1.54, 1.807) is 53.2 Å². The van der Waals surface area contributed by atoms with E-state index in [1.807, 2.05) is 0 Å². The van der Waals surface area contributed by atoms with Gasteiger partial charge in [0.1, 0.15) is 12.7 Å². The van der Waals surface area contributed by atoms with E-state index < -0.39 is 18.6 Å². The molecule has 0 aliphatic heterocycles. The first-order valence-electron chi connectivity index (χ1n) is 8.45. The molecule has 0 aliphatic rings. The minimum Gasteiger partial charge on any atom is -0.451 e. The number of aromatic nitrogens is 5. The molecular formula is C19H15F2N5O2. The molecule has 0 radical (unpaired) electrons. The number of halogens is 2. The maximum atomic E-state index is 13.6. The van der Waals surface area contributed by atoms with E-state index in [2.05, 4.69) is 15.1 Å². The van der Waals surface area contributed by atoms with Gasteiger partial charge in [0, 0.05) is 0 Å². The summed E-state index contributed by atoms with van der Waals surface area (Å²) < 4.78 is 34.8. The third kappa shape index (κ3) is 3.22. The molecule has 0 unspecified atom stereocenters. The fourth-order valence-corrected chi connectivity index (χ4v) is 2.93. The van der Waals surface area contributed by atoms with E-state index >= 15 is 0 Å². The molecule has 0 aliphatic carbocycles. The number of ether oxygens (including phenoxy) is 1. The van der Waals surface area contributed by atoms with Crippen LogP contribution in [0.1, 0.15) is 35.8 Å². The highest BCUT2D eigenvalue weighted by atomic mass is 19.3. The molecule has 9 heteroatoms. The van der Waals surface area contributed by atoms with Gasteiger partial charge in [-0.25, -0.2) is 19.4 Å². The van der Waals surface area contributed by atoms with Crippen LogP contribution in [-0.2, 0) is 4.74 Å². The van der Waals surface area contributed by atoms with Gasteiger partial charge in [-0.05, 0) is 43.3 Å². The van der Waals surface area contributed by atoms with Crippen LogP contribution < -0.4 is 0 Å². The quantitative estimate of drug-likeness (QED) is 0.488. The standard InChI is InChI=1S/C19H15F2N5O2/c1-12(17-24-15-4-2-3-5-16(15)26(17)19(20)21)28-18(27)13-6-8-14(9-7-13)25-11-22-10-23-25/h2-12,19H,1H3/t12-/m1/s1. The molecule has 142 valence electrons. The molecule has 2 aromatic carbocycles. The van der Waals surface area contributed by atoms with Gasteiger partial charge in [-0.15, -0.1) is 0 Å². The summed E-state index contributed by atoms with van der Waals surface area (Å²) in [6.45, 7) is -1.28. The van der Waals surface area contributed by atoms with Gasteiger partial charge >= 0.3 is 12.5 Å². The summed E-state index contributed by atoms with van der Waals surface area (Å²) in [6.07, 6.45) is 1.98. The Labute approximate surface area is 158 Å². The molecule has 2 aromatic heterocycles. The predicted molar refractivity (Wildman–Crippen MR) is 96.2 cm³/mol. The van der Waals surface area contributed by atoms with E-state index in [9.17, 15) is 13.6 Å². The number of nitrogens with zero attached hydrogens (tertiary/aromatic N) is 5. The number of hydrogen-bond donors (Lipinski definition) is 0. The van der Waals surface area contributed by atoms with Crippen molar-refractivity contribution in [2.75, 3.05) is 0 Å². The number of fused-ring (bicyclic) bond motifs is 1. The lowest BCUT2D eigenvalue weighted by Gasteiger charge is -2.15. The maximum Gasteiger partial charge on any atom is 0.338 e. The van der Waals surface area contributed by atoms with Crippen LogP contribution in [0.25, 0.3) is 16.7 Å². The predicted octanol–water partition coefficient (Wildman–Crippen LogP) is 3.93. The molecule has 0 bridgehead atoms. The summed E-state index contributed by atoms with van der Waals surface area (Å²) >= 11 is 0. The molecule has 0 N–H and O–H groups in total. The highest BCUT2D eigenvalue weighted by Crippen LogP contribution is 2.28. The van der Waals surface area contributed by atoms with Crippen LogP contribution in [0.15, 0.2) is 61.2 Å². The van der Waals surface area contributed by atoms with Gasteiger partial charge in [0.05, 0.1) is 22.3 Å². The fraction of sp³-hybridized carbons (Fsp3) is 0.158. The topological polar surface area (TPSA) is 74.8 Å². The summed E-state index contributed by atoms with van der Waals surface area (Å²) in [6, 6.07) is 13.1. The van der Waals surface area contributed by atoms with E-state index in [-0.39, 0.29) is 16.9 Å². The Kier molecular flexibility index (Phi) is 4.56. The summed E-state index contributed by atoms with van der Waals surface area (Å²) in [5.74, 6) is -0.644. The number of rotatable bonds is 5. The first-order valence-corrected chi connectivity index (χ1v) is 8.45. The summed E-state index contributed by atoms with van der Waals surface area (Å²) in [5, 5.41) is 4.00. The number of para-hydroxylation sites is 2. The molecule has 2 heterocycles. The lowest BCUT2D eigenvalue weighted by Crippen LogP contribution is -2.14. The second-order valence-corrected chi connectivity index (χ2v) is 6.04. The highest BCUT2D eigenvalue weighted by Gasteiger charge is 2.24. The van der Waals surface area contributed by atoms with Crippen LogP contribution in [0, 0.1) is 0 Å². The number of alkyl halides is 2. The normalized spacial score (nSPS) is 12.4. The van der Waals surface area contributed by atoms with Crippen LogP contribution in [0.3, 0.4) is 0 Å². The average Bonchev–Trinajstić information content (AvgIpc) is 3.36. The minimum absolute atomic E-state index is 0.0104. The molecule has 1 atom stereocenters. The largest absolute Gasteiger partial charge is 0.451 e. The SMILES string of the molecule is C[C@@H](OC(=O)c1ccc(-n2cncn2)cc1)c1nc2ccccc2n1C(F)F. The number of carbonyl (C=O) groups excluding carboxylic acids is 1. The van der Waals surface area contributed by atoms with Crippen molar-refractivity contribution in [1.82, 2.24) is 24.3 Å². The van der Waals surface area contributed by atoms with Crippen LogP contribution >= 0.6 is 0 Å². The molecule has 0 fully saturated rings. The van der Waals surface area contributed by atoms with Crippen molar-refractivity contribution < 1.29 is 18.3 Å². The van der Waals surface area contributed by atoms with E-state index in [0.717, 1.165) is 10.3 Å². The van der Waals surface area contributed by atoms with Gasteiger partial charge in [0.2, 0.25) is 0 Å². The number of carbonyl (C=O) groups is 1. The van der Waals surface area contributed by atoms with Crippen molar-refractivity contribution in [1.29, 1.82) is 0 Å². The van der Waals surface area contributed by atoms with Gasteiger partial charge in [0.25, 0.3) is 0 Å². The summed E-state index contributed by atoms with van der Waals surface area (Å²) in [5.41, 5.74) is 1.71. The lowest BCUT2D eigenvalue weighted by atomic mass is 10.2. The zero-order valence-electron chi connectivity index (χ0n) is 14.7. The summed E-state index contributed by atoms with van der Waals surface area (Å²) in [4.78, 5) is 20.5. The Morgan fingerprint density at radius 3 is 2.54 bits per heavy atom. The molecule has 0 amide bonds. The second-order valence-electron chi connectivity index (χ2n) is 6.04. The van der Waals surface area contributed by atoms with Crippen LogP contribution in [0.4, 0.5) is 8.78 Å². The average molecular weight is 383 g/mol. The Hall–Kier alpha value is -3.62. The third-order valence-electron chi connectivity index (χ3n) is 4.25. The monoisotopic (exact) mass is 383 g/mol. The lowest BCUT2D eigenvalue weighted by molar-refractivity contribution is 0.0233. The smallest absolute Gasteiger partial charge is 0.338 e. The molecule has 7 nitrogen and oxygen atoms in total. The summed E-state index contributed by atoms with van der Waals surface area (Å²) in [7, 11) is 0. The Balaban J connectivity index is 1.56. The first-order chi connectivity index (χ1) is 13.5. The fourth-order valence-electron chi connectivity index (χ4n) is 2.93. The number of hydrogen-bond acceptors (Lipinski definition) is 5. The minimum atomic E-state index is -2.80. The zero-order valence-corrected chi connectivity index (χ0v) is 14.7. The zero-order chi connectivity index (χ0) is 19.7. The molecular weight excluding hydrogens is 368 g/mol.